The van der Waals surface area contributed by atoms with Gasteiger partial charge in [0.1, 0.15) is 0 Å². The highest BCUT2D eigenvalue weighted by atomic mass is 16.3. The summed E-state index contributed by atoms with van der Waals surface area (Å²) in [5, 5.41) is 12.3. The van der Waals surface area contributed by atoms with Crippen LogP contribution in [0.25, 0.3) is 0 Å². The van der Waals surface area contributed by atoms with Crippen LogP contribution in [0.2, 0.25) is 0 Å². The molecule has 0 bridgehead atoms. The first-order valence-corrected chi connectivity index (χ1v) is 5.36. The van der Waals surface area contributed by atoms with Gasteiger partial charge in [-0.25, -0.2) is 4.79 Å². The quantitative estimate of drug-likeness (QED) is 0.693. The average Bonchev–Trinajstić information content (AvgIpc) is 2.18. The fourth-order valence-electron chi connectivity index (χ4n) is 1.66. The molecule has 1 saturated heterocycles. The number of rotatable bonds is 2. The van der Waals surface area contributed by atoms with Crippen molar-refractivity contribution in [2.75, 3.05) is 19.6 Å². The number of hydrogen-bond acceptors (Lipinski definition) is 2. The van der Waals surface area contributed by atoms with Crippen molar-refractivity contribution < 1.29 is 9.90 Å². The molecule has 4 nitrogen and oxygen atoms in total. The molecule has 0 radical (unpaired) electrons. The second-order valence-corrected chi connectivity index (χ2v) is 4.01. The van der Waals surface area contributed by atoms with Crippen LogP contribution in [0.3, 0.4) is 0 Å². The third kappa shape index (κ3) is 2.87. The van der Waals surface area contributed by atoms with Crippen molar-refractivity contribution in [3.8, 4) is 0 Å². The summed E-state index contributed by atoms with van der Waals surface area (Å²) in [7, 11) is 0. The summed E-state index contributed by atoms with van der Waals surface area (Å²) >= 11 is 0. The molecule has 1 aliphatic rings. The summed E-state index contributed by atoms with van der Waals surface area (Å²) in [4.78, 5) is 13.3. The third-order valence-electron chi connectivity index (χ3n) is 2.67. The Balaban J connectivity index is 2.34. The monoisotopic (exact) mass is 200 g/mol. The first-order valence-electron chi connectivity index (χ1n) is 5.36. The second-order valence-electron chi connectivity index (χ2n) is 4.01. The normalized spacial score (nSPS) is 27.5. The van der Waals surface area contributed by atoms with E-state index in [0.29, 0.717) is 19.5 Å². The van der Waals surface area contributed by atoms with Crippen LogP contribution >= 0.6 is 0 Å². The molecule has 0 aromatic heterocycles. The molecule has 4 heteroatoms. The van der Waals surface area contributed by atoms with Gasteiger partial charge in [0, 0.05) is 19.6 Å². The van der Waals surface area contributed by atoms with E-state index in [4.69, 9.17) is 0 Å². The van der Waals surface area contributed by atoms with Crippen molar-refractivity contribution in [1.29, 1.82) is 0 Å². The minimum atomic E-state index is -0.245. The van der Waals surface area contributed by atoms with Gasteiger partial charge in [0.2, 0.25) is 0 Å². The standard InChI is InChI=1S/C10H20N2O2/c1-3-5-11-10(14)12-6-4-9(13)8(2)7-12/h8-9,13H,3-7H2,1-2H3,(H,11,14). The van der Waals surface area contributed by atoms with Crippen LogP contribution in [0.5, 0.6) is 0 Å². The number of nitrogens with zero attached hydrogens (tertiary/aromatic N) is 1. The van der Waals surface area contributed by atoms with Gasteiger partial charge in [0.05, 0.1) is 6.10 Å². The van der Waals surface area contributed by atoms with Crippen LogP contribution in [0.15, 0.2) is 0 Å². The zero-order chi connectivity index (χ0) is 10.6. The molecule has 2 atom stereocenters. The maximum Gasteiger partial charge on any atom is 0.317 e. The molecule has 0 aromatic rings. The molecule has 0 spiro atoms. The van der Waals surface area contributed by atoms with Gasteiger partial charge in [0.15, 0.2) is 0 Å². The van der Waals surface area contributed by atoms with E-state index in [0.717, 1.165) is 13.0 Å². The topological polar surface area (TPSA) is 52.6 Å². The van der Waals surface area contributed by atoms with Gasteiger partial charge in [-0.1, -0.05) is 13.8 Å². The van der Waals surface area contributed by atoms with E-state index < -0.39 is 0 Å². The molecular weight excluding hydrogens is 180 g/mol. The lowest BCUT2D eigenvalue weighted by Gasteiger charge is -2.34. The van der Waals surface area contributed by atoms with Crippen LogP contribution in [0.1, 0.15) is 26.7 Å². The number of aliphatic hydroxyl groups excluding tert-OH is 1. The van der Waals surface area contributed by atoms with Gasteiger partial charge >= 0.3 is 6.03 Å². The Labute approximate surface area is 85.3 Å². The Hall–Kier alpha value is -0.770. The largest absolute Gasteiger partial charge is 0.393 e. The lowest BCUT2D eigenvalue weighted by Crippen LogP contribution is -2.49. The summed E-state index contributed by atoms with van der Waals surface area (Å²) in [5.74, 6) is 0.191. The Kier molecular flexibility index (Phi) is 4.20. The summed E-state index contributed by atoms with van der Waals surface area (Å²) in [5.41, 5.74) is 0. The van der Waals surface area contributed by atoms with Gasteiger partial charge in [-0.15, -0.1) is 0 Å². The highest BCUT2D eigenvalue weighted by Crippen LogP contribution is 2.16. The molecule has 1 rings (SSSR count). The van der Waals surface area contributed by atoms with Crippen LogP contribution in [0, 0.1) is 5.92 Å². The molecule has 2 unspecified atom stereocenters. The van der Waals surface area contributed by atoms with Crippen molar-refractivity contribution in [2.45, 2.75) is 32.8 Å². The Morgan fingerprint density at radius 2 is 2.36 bits per heavy atom. The average molecular weight is 200 g/mol. The molecule has 0 saturated carbocycles. The van der Waals surface area contributed by atoms with Gasteiger partial charge < -0.3 is 15.3 Å². The Bertz CT molecular complexity index is 197. The predicted molar refractivity (Wildman–Crippen MR) is 55.1 cm³/mol. The minimum absolute atomic E-state index is 0.00519. The molecule has 2 N–H and O–H groups in total. The van der Waals surface area contributed by atoms with Crippen LogP contribution < -0.4 is 5.32 Å². The van der Waals surface area contributed by atoms with Crippen molar-refractivity contribution in [3.63, 3.8) is 0 Å². The van der Waals surface area contributed by atoms with Crippen molar-refractivity contribution in [3.05, 3.63) is 0 Å². The highest BCUT2D eigenvalue weighted by molar-refractivity contribution is 5.74. The van der Waals surface area contributed by atoms with Crippen molar-refractivity contribution >= 4 is 6.03 Å². The number of hydrogen-bond donors (Lipinski definition) is 2. The summed E-state index contributed by atoms with van der Waals surface area (Å²) in [6, 6.07) is 0.00519. The SMILES string of the molecule is CCCNC(=O)N1CCC(O)C(C)C1. The maximum absolute atomic E-state index is 11.5. The van der Waals surface area contributed by atoms with E-state index in [1.807, 2.05) is 13.8 Å². The molecule has 82 valence electrons. The van der Waals surface area contributed by atoms with Gasteiger partial charge in [-0.3, -0.25) is 0 Å². The lowest BCUT2D eigenvalue weighted by molar-refractivity contribution is 0.0481. The fraction of sp³-hybridized carbons (Fsp3) is 0.900. The third-order valence-corrected chi connectivity index (χ3v) is 2.67. The molecule has 1 heterocycles. The Morgan fingerprint density at radius 1 is 1.64 bits per heavy atom. The molecule has 1 aliphatic heterocycles. The molecule has 0 aromatic carbocycles. The number of aliphatic hydroxyl groups is 1. The van der Waals surface area contributed by atoms with Crippen LogP contribution in [-0.4, -0.2) is 41.8 Å². The number of likely N-dealkylation sites (tertiary alicyclic amines) is 1. The minimum Gasteiger partial charge on any atom is -0.393 e. The number of carbonyl (C=O) groups is 1. The first kappa shape index (κ1) is 11.3. The van der Waals surface area contributed by atoms with Gasteiger partial charge in [-0.2, -0.15) is 0 Å². The van der Waals surface area contributed by atoms with E-state index in [1.165, 1.54) is 0 Å². The van der Waals surface area contributed by atoms with Gasteiger partial charge in [-0.05, 0) is 18.8 Å². The number of carbonyl (C=O) groups excluding carboxylic acids is 1. The zero-order valence-electron chi connectivity index (χ0n) is 8.99. The zero-order valence-corrected chi connectivity index (χ0v) is 8.99. The number of urea groups is 1. The van der Waals surface area contributed by atoms with E-state index in [2.05, 4.69) is 5.32 Å². The first-order chi connectivity index (χ1) is 6.65. The lowest BCUT2D eigenvalue weighted by atomic mass is 9.97. The number of piperidine rings is 1. The van der Waals surface area contributed by atoms with Crippen LogP contribution in [-0.2, 0) is 0 Å². The van der Waals surface area contributed by atoms with E-state index in [1.54, 1.807) is 4.90 Å². The van der Waals surface area contributed by atoms with Crippen molar-refractivity contribution in [1.82, 2.24) is 10.2 Å². The number of nitrogens with one attached hydrogen (secondary N) is 1. The van der Waals surface area contributed by atoms with Crippen molar-refractivity contribution in [2.24, 2.45) is 5.92 Å². The molecule has 2 amide bonds. The fourth-order valence-corrected chi connectivity index (χ4v) is 1.66. The number of amides is 2. The smallest absolute Gasteiger partial charge is 0.317 e. The molecule has 14 heavy (non-hydrogen) atoms. The van der Waals surface area contributed by atoms with E-state index in [-0.39, 0.29) is 18.1 Å². The molecule has 1 fully saturated rings. The molecule has 0 aliphatic carbocycles. The highest BCUT2D eigenvalue weighted by Gasteiger charge is 2.26. The van der Waals surface area contributed by atoms with E-state index >= 15 is 0 Å². The summed E-state index contributed by atoms with van der Waals surface area (Å²) in [6.07, 6.45) is 1.41. The maximum atomic E-state index is 11.5. The van der Waals surface area contributed by atoms with Gasteiger partial charge in [0.25, 0.3) is 0 Å². The Morgan fingerprint density at radius 3 is 2.93 bits per heavy atom. The summed E-state index contributed by atoms with van der Waals surface area (Å²) in [6.45, 7) is 6.07. The molecular formula is C10H20N2O2. The van der Waals surface area contributed by atoms with Crippen LogP contribution in [0.4, 0.5) is 4.79 Å². The second kappa shape index (κ2) is 5.20. The predicted octanol–water partition coefficient (Wildman–Crippen LogP) is 0.809. The van der Waals surface area contributed by atoms with E-state index in [9.17, 15) is 9.90 Å². The summed E-state index contributed by atoms with van der Waals surface area (Å²) < 4.78 is 0.